The maximum atomic E-state index is 13.0. The van der Waals surface area contributed by atoms with Crippen molar-refractivity contribution in [3.63, 3.8) is 0 Å². The number of para-hydroxylation sites is 1. The summed E-state index contributed by atoms with van der Waals surface area (Å²) < 4.78 is 27.4. The standard InChI is InChI=1S/C24H33N5O4S/c1-4-28-14-16-29(17-15-28)34(32,33)21-12-10-20(11-13-21)25-23(30)22(18(2)3)27-24(31)26-19-8-6-5-7-9-19/h5-13,18,22H,4,14-17H2,1-3H3,(H,25,30)(H2,26,27,31). The molecule has 184 valence electrons. The van der Waals surface area contributed by atoms with Gasteiger partial charge >= 0.3 is 6.03 Å². The SMILES string of the molecule is CCN1CCN(S(=O)(=O)c2ccc(NC(=O)C(NC(=O)Nc3ccccc3)C(C)C)cc2)CC1. The van der Waals surface area contributed by atoms with E-state index < -0.39 is 22.1 Å². The maximum Gasteiger partial charge on any atom is 0.319 e. The number of benzene rings is 2. The van der Waals surface area contributed by atoms with E-state index in [-0.39, 0.29) is 16.7 Å². The van der Waals surface area contributed by atoms with E-state index in [1.165, 1.54) is 16.4 Å². The number of urea groups is 1. The van der Waals surface area contributed by atoms with Gasteiger partial charge in [-0.3, -0.25) is 4.79 Å². The van der Waals surface area contributed by atoms with Crippen molar-refractivity contribution in [3.8, 4) is 0 Å². The maximum absolute atomic E-state index is 13.0. The van der Waals surface area contributed by atoms with Gasteiger partial charge in [0.1, 0.15) is 6.04 Å². The zero-order valence-electron chi connectivity index (χ0n) is 19.8. The minimum atomic E-state index is -3.59. The van der Waals surface area contributed by atoms with E-state index in [1.54, 1.807) is 36.4 Å². The van der Waals surface area contributed by atoms with Crippen molar-refractivity contribution in [1.29, 1.82) is 0 Å². The van der Waals surface area contributed by atoms with Gasteiger partial charge in [0.05, 0.1) is 4.90 Å². The van der Waals surface area contributed by atoms with Crippen LogP contribution < -0.4 is 16.0 Å². The summed E-state index contributed by atoms with van der Waals surface area (Å²) in [5, 5.41) is 8.17. The fraction of sp³-hybridized carbons (Fsp3) is 0.417. The lowest BCUT2D eigenvalue weighted by Gasteiger charge is -2.33. The Kier molecular flexibility index (Phi) is 8.65. The molecule has 9 nitrogen and oxygen atoms in total. The van der Waals surface area contributed by atoms with E-state index in [9.17, 15) is 18.0 Å². The largest absolute Gasteiger partial charge is 0.326 e. The summed E-state index contributed by atoms with van der Waals surface area (Å²) in [5.41, 5.74) is 1.08. The van der Waals surface area contributed by atoms with Gasteiger partial charge in [0.2, 0.25) is 15.9 Å². The Hall–Kier alpha value is -2.95. The van der Waals surface area contributed by atoms with Crippen LogP contribution in [0.4, 0.5) is 16.2 Å². The highest BCUT2D eigenvalue weighted by atomic mass is 32.2. The molecule has 1 heterocycles. The summed E-state index contributed by atoms with van der Waals surface area (Å²) in [6, 6.07) is 13.8. The number of carbonyl (C=O) groups is 2. The molecule has 0 radical (unpaired) electrons. The molecule has 0 spiro atoms. The van der Waals surface area contributed by atoms with Gasteiger partial charge in [-0.05, 0) is 48.9 Å². The zero-order chi connectivity index (χ0) is 24.7. The molecular weight excluding hydrogens is 454 g/mol. The summed E-state index contributed by atoms with van der Waals surface area (Å²) in [4.78, 5) is 27.6. The minimum Gasteiger partial charge on any atom is -0.326 e. The number of sulfonamides is 1. The highest BCUT2D eigenvalue weighted by molar-refractivity contribution is 7.89. The number of nitrogens with one attached hydrogen (secondary N) is 3. The normalized spacial score (nSPS) is 16.1. The van der Waals surface area contributed by atoms with Crippen molar-refractivity contribution in [2.75, 3.05) is 43.4 Å². The Morgan fingerprint density at radius 3 is 2.03 bits per heavy atom. The van der Waals surface area contributed by atoms with E-state index >= 15 is 0 Å². The molecule has 3 amide bonds. The topological polar surface area (TPSA) is 111 Å². The molecule has 0 saturated carbocycles. The number of piperazine rings is 1. The van der Waals surface area contributed by atoms with Gasteiger partial charge in [-0.2, -0.15) is 4.31 Å². The molecule has 1 unspecified atom stereocenters. The second-order valence-electron chi connectivity index (χ2n) is 8.54. The van der Waals surface area contributed by atoms with Crippen LogP contribution in [0.15, 0.2) is 59.5 Å². The predicted molar refractivity (Wildman–Crippen MR) is 133 cm³/mol. The second-order valence-corrected chi connectivity index (χ2v) is 10.5. The third-order valence-electron chi connectivity index (χ3n) is 5.81. The summed E-state index contributed by atoms with van der Waals surface area (Å²) in [6.45, 7) is 8.98. The van der Waals surface area contributed by atoms with Crippen LogP contribution in [-0.4, -0.2) is 68.3 Å². The average molecular weight is 488 g/mol. The highest BCUT2D eigenvalue weighted by Crippen LogP contribution is 2.20. The van der Waals surface area contributed by atoms with Gasteiger partial charge < -0.3 is 20.9 Å². The molecule has 1 atom stereocenters. The van der Waals surface area contributed by atoms with Crippen molar-refractivity contribution in [2.24, 2.45) is 5.92 Å². The van der Waals surface area contributed by atoms with Crippen LogP contribution in [-0.2, 0) is 14.8 Å². The van der Waals surface area contributed by atoms with Gasteiger partial charge in [-0.1, -0.05) is 39.0 Å². The quantitative estimate of drug-likeness (QED) is 0.530. The molecule has 1 aliphatic rings. The Morgan fingerprint density at radius 1 is 0.882 bits per heavy atom. The summed E-state index contributed by atoms with van der Waals surface area (Å²) >= 11 is 0. The van der Waals surface area contributed by atoms with Crippen LogP contribution in [0.5, 0.6) is 0 Å². The number of hydrogen-bond donors (Lipinski definition) is 3. The van der Waals surface area contributed by atoms with E-state index in [4.69, 9.17) is 0 Å². The molecule has 2 aromatic carbocycles. The van der Waals surface area contributed by atoms with Crippen LogP contribution >= 0.6 is 0 Å². The monoisotopic (exact) mass is 487 g/mol. The third-order valence-corrected chi connectivity index (χ3v) is 7.72. The van der Waals surface area contributed by atoms with Crippen LogP contribution in [0, 0.1) is 5.92 Å². The van der Waals surface area contributed by atoms with Gasteiger partial charge in [0.15, 0.2) is 0 Å². The van der Waals surface area contributed by atoms with Crippen molar-refractivity contribution in [2.45, 2.75) is 31.7 Å². The van der Waals surface area contributed by atoms with Crippen molar-refractivity contribution in [3.05, 3.63) is 54.6 Å². The molecular formula is C24H33N5O4S. The van der Waals surface area contributed by atoms with E-state index in [0.29, 0.717) is 37.6 Å². The lowest BCUT2D eigenvalue weighted by atomic mass is 10.0. The fourth-order valence-corrected chi connectivity index (χ4v) is 5.15. The van der Waals surface area contributed by atoms with Gasteiger partial charge in [0.25, 0.3) is 0 Å². The first-order valence-corrected chi connectivity index (χ1v) is 12.9. The Labute approximate surface area is 201 Å². The molecule has 34 heavy (non-hydrogen) atoms. The molecule has 0 aliphatic carbocycles. The number of likely N-dealkylation sites (N-methyl/N-ethyl adjacent to an activating group) is 1. The van der Waals surface area contributed by atoms with Crippen molar-refractivity contribution in [1.82, 2.24) is 14.5 Å². The predicted octanol–water partition coefficient (Wildman–Crippen LogP) is 2.80. The number of rotatable bonds is 8. The molecule has 2 aromatic rings. The molecule has 1 aliphatic heterocycles. The number of nitrogens with zero attached hydrogens (tertiary/aromatic N) is 2. The van der Waals surface area contributed by atoms with Crippen LogP contribution in [0.25, 0.3) is 0 Å². The molecule has 0 aromatic heterocycles. The molecule has 10 heteroatoms. The molecule has 3 rings (SSSR count). The Balaban J connectivity index is 1.61. The fourth-order valence-electron chi connectivity index (χ4n) is 3.73. The van der Waals surface area contributed by atoms with Crippen LogP contribution in [0.2, 0.25) is 0 Å². The van der Waals surface area contributed by atoms with Gasteiger partial charge in [-0.25, -0.2) is 13.2 Å². The minimum absolute atomic E-state index is 0.164. The number of anilines is 2. The molecule has 3 N–H and O–H groups in total. The summed E-state index contributed by atoms with van der Waals surface area (Å²) in [6.07, 6.45) is 0. The van der Waals surface area contributed by atoms with Gasteiger partial charge in [-0.15, -0.1) is 0 Å². The summed E-state index contributed by atoms with van der Waals surface area (Å²) in [5.74, 6) is -0.549. The third kappa shape index (κ3) is 6.55. The molecule has 1 saturated heterocycles. The van der Waals surface area contributed by atoms with Crippen molar-refractivity contribution >= 4 is 33.3 Å². The number of carbonyl (C=O) groups excluding carboxylic acids is 2. The first kappa shape index (κ1) is 25.7. The van der Waals surface area contributed by atoms with Crippen molar-refractivity contribution < 1.29 is 18.0 Å². The van der Waals surface area contributed by atoms with E-state index in [2.05, 4.69) is 27.8 Å². The number of hydrogen-bond acceptors (Lipinski definition) is 5. The average Bonchev–Trinajstić information content (AvgIpc) is 2.83. The van der Waals surface area contributed by atoms with Gasteiger partial charge in [0, 0.05) is 37.6 Å². The van der Waals surface area contributed by atoms with E-state index in [0.717, 1.165) is 6.54 Å². The first-order chi connectivity index (χ1) is 16.2. The molecule has 0 bridgehead atoms. The van der Waals surface area contributed by atoms with Crippen LogP contribution in [0.3, 0.4) is 0 Å². The van der Waals surface area contributed by atoms with E-state index in [1.807, 2.05) is 19.9 Å². The first-order valence-electron chi connectivity index (χ1n) is 11.5. The zero-order valence-corrected chi connectivity index (χ0v) is 20.6. The van der Waals surface area contributed by atoms with Crippen LogP contribution in [0.1, 0.15) is 20.8 Å². The lowest BCUT2D eigenvalue weighted by molar-refractivity contribution is -0.118. The Bertz CT molecular complexity index is 1070. The highest BCUT2D eigenvalue weighted by Gasteiger charge is 2.28. The summed E-state index contributed by atoms with van der Waals surface area (Å²) in [7, 11) is -3.59. The second kappa shape index (κ2) is 11.5. The number of amides is 3. The Morgan fingerprint density at radius 2 is 1.47 bits per heavy atom. The lowest BCUT2D eigenvalue weighted by Crippen LogP contribution is -2.48. The smallest absolute Gasteiger partial charge is 0.319 e. The molecule has 1 fully saturated rings.